The summed E-state index contributed by atoms with van der Waals surface area (Å²) in [5.74, 6) is -3.51. The molecule has 7 nitrogen and oxygen atoms in total. The molecule has 2 atom stereocenters. The molecule has 2 aliphatic heterocycles. The molecule has 1 amide bonds. The largest absolute Gasteiger partial charge is 0.476 e. The van der Waals surface area contributed by atoms with Crippen LogP contribution in [0.15, 0.2) is 12.1 Å². The van der Waals surface area contributed by atoms with Gasteiger partial charge in [-0.15, -0.1) is 0 Å². The number of pyridine rings is 1. The van der Waals surface area contributed by atoms with Crippen molar-refractivity contribution in [2.45, 2.75) is 31.2 Å². The summed E-state index contributed by atoms with van der Waals surface area (Å²) >= 11 is 0. The van der Waals surface area contributed by atoms with Gasteiger partial charge in [-0.1, -0.05) is 0 Å². The van der Waals surface area contributed by atoms with Crippen molar-refractivity contribution in [3.8, 4) is 5.88 Å². The van der Waals surface area contributed by atoms with Gasteiger partial charge < -0.3 is 20.7 Å². The molecule has 3 N–H and O–H groups in total. The fourth-order valence-corrected chi connectivity index (χ4v) is 3.56. The number of hydrogen-bond acceptors (Lipinski definition) is 6. The number of hydrogen-bond donors (Lipinski definition) is 2. The van der Waals surface area contributed by atoms with Crippen molar-refractivity contribution in [2.24, 2.45) is 17.6 Å². The highest BCUT2D eigenvalue weighted by molar-refractivity contribution is 6.00. The SMILES string of the molecule is NC(=O)C1NCC[C@H]1C(=O)c1ccc(N2CC(F)(F)C2)c(OCC2CC2)n1. The van der Waals surface area contributed by atoms with Crippen molar-refractivity contribution in [3.63, 3.8) is 0 Å². The number of nitrogens with zero attached hydrogens (tertiary/aromatic N) is 2. The zero-order chi connectivity index (χ0) is 19.2. The van der Waals surface area contributed by atoms with Crippen LogP contribution in [-0.2, 0) is 4.79 Å². The van der Waals surface area contributed by atoms with Crippen LogP contribution < -0.4 is 20.7 Å². The average molecular weight is 380 g/mol. The molecule has 9 heteroatoms. The third kappa shape index (κ3) is 3.73. The lowest BCUT2D eigenvalue weighted by Crippen LogP contribution is -2.56. The zero-order valence-electron chi connectivity index (χ0n) is 14.8. The molecule has 1 aliphatic carbocycles. The lowest BCUT2D eigenvalue weighted by atomic mass is 9.93. The number of nitrogens with two attached hydrogens (primary N) is 1. The number of Topliss-reactive ketones (excluding diaryl/α,β-unsaturated/α-hetero) is 1. The van der Waals surface area contributed by atoms with E-state index in [4.69, 9.17) is 10.5 Å². The smallest absolute Gasteiger partial charge is 0.282 e. The standard InChI is InChI=1S/C18H22F2N4O3/c19-18(20)8-24(9-18)13-4-3-12(23-17(13)27-7-10-1-2-10)15(25)11-5-6-22-14(11)16(21)26/h3-4,10-11,14,22H,1-2,5-9H2,(H2,21,26)/t11-,14?/m1/s1. The van der Waals surface area contributed by atoms with E-state index < -0.39 is 36.9 Å². The van der Waals surface area contributed by atoms with E-state index in [1.54, 1.807) is 6.07 Å². The van der Waals surface area contributed by atoms with Crippen LogP contribution in [0.25, 0.3) is 0 Å². The lowest BCUT2D eigenvalue weighted by molar-refractivity contribution is -0.120. The van der Waals surface area contributed by atoms with Gasteiger partial charge in [0, 0.05) is 5.92 Å². The van der Waals surface area contributed by atoms with Crippen molar-refractivity contribution in [3.05, 3.63) is 17.8 Å². The van der Waals surface area contributed by atoms with Crippen LogP contribution in [0.1, 0.15) is 29.8 Å². The highest BCUT2D eigenvalue weighted by Gasteiger charge is 2.45. The summed E-state index contributed by atoms with van der Waals surface area (Å²) < 4.78 is 32.3. The molecular formula is C18H22F2N4O3. The van der Waals surface area contributed by atoms with Gasteiger partial charge in [0.25, 0.3) is 5.92 Å². The number of primary amides is 1. The predicted octanol–water partition coefficient (Wildman–Crippen LogP) is 0.972. The monoisotopic (exact) mass is 380 g/mol. The number of rotatable bonds is 7. The Morgan fingerprint density at radius 2 is 2.04 bits per heavy atom. The number of halogens is 2. The Hall–Kier alpha value is -2.29. The highest BCUT2D eigenvalue weighted by atomic mass is 19.3. The van der Waals surface area contributed by atoms with Crippen LogP contribution in [0.3, 0.4) is 0 Å². The third-order valence-corrected chi connectivity index (χ3v) is 5.30. The van der Waals surface area contributed by atoms with Crippen LogP contribution in [0.2, 0.25) is 0 Å². The summed E-state index contributed by atoms with van der Waals surface area (Å²) in [5.41, 5.74) is 5.99. The van der Waals surface area contributed by atoms with Crippen LogP contribution >= 0.6 is 0 Å². The number of carbonyl (C=O) groups excluding carboxylic acids is 2. The molecule has 1 aromatic heterocycles. The van der Waals surface area contributed by atoms with Gasteiger partial charge in [-0.05, 0) is 43.9 Å². The van der Waals surface area contributed by atoms with Gasteiger partial charge in [0.15, 0.2) is 5.78 Å². The van der Waals surface area contributed by atoms with Crippen molar-refractivity contribution in [1.82, 2.24) is 10.3 Å². The number of amides is 1. The minimum Gasteiger partial charge on any atom is -0.476 e. The van der Waals surface area contributed by atoms with Crippen molar-refractivity contribution in [1.29, 1.82) is 0 Å². The minimum atomic E-state index is -2.72. The van der Waals surface area contributed by atoms with Crippen LogP contribution in [-0.4, -0.2) is 54.9 Å². The predicted molar refractivity (Wildman–Crippen MR) is 93.0 cm³/mol. The minimum absolute atomic E-state index is 0.164. The van der Waals surface area contributed by atoms with Gasteiger partial charge in [0.1, 0.15) is 11.4 Å². The number of alkyl halides is 2. The summed E-state index contributed by atoms with van der Waals surface area (Å²) in [5, 5.41) is 2.93. The molecule has 0 radical (unpaired) electrons. The normalized spacial score (nSPS) is 26.5. The summed E-state index contributed by atoms with van der Waals surface area (Å²) in [6.45, 7) is 0.197. The first kappa shape index (κ1) is 18.1. The van der Waals surface area contributed by atoms with E-state index >= 15 is 0 Å². The third-order valence-electron chi connectivity index (χ3n) is 5.30. The van der Waals surface area contributed by atoms with Gasteiger partial charge in [0.2, 0.25) is 11.8 Å². The van der Waals surface area contributed by atoms with E-state index in [1.165, 1.54) is 11.0 Å². The number of anilines is 1. The number of ether oxygens (including phenoxy) is 1. The second kappa shape index (κ2) is 6.70. The quantitative estimate of drug-likeness (QED) is 0.684. The molecule has 3 aliphatic rings. The van der Waals surface area contributed by atoms with Crippen LogP contribution in [0.4, 0.5) is 14.5 Å². The average Bonchev–Trinajstić information content (AvgIpc) is 3.30. The molecule has 4 rings (SSSR count). The molecule has 0 spiro atoms. The maximum absolute atomic E-state index is 13.3. The first-order chi connectivity index (χ1) is 12.8. The second-order valence-corrected chi connectivity index (χ2v) is 7.58. The van der Waals surface area contributed by atoms with E-state index in [9.17, 15) is 18.4 Å². The van der Waals surface area contributed by atoms with Gasteiger partial charge in [0.05, 0.1) is 25.7 Å². The van der Waals surface area contributed by atoms with E-state index in [1.807, 2.05) is 0 Å². The van der Waals surface area contributed by atoms with E-state index in [2.05, 4.69) is 10.3 Å². The van der Waals surface area contributed by atoms with Gasteiger partial charge in [-0.25, -0.2) is 13.8 Å². The lowest BCUT2D eigenvalue weighted by Gasteiger charge is -2.40. The van der Waals surface area contributed by atoms with Crippen molar-refractivity contribution in [2.75, 3.05) is 31.1 Å². The second-order valence-electron chi connectivity index (χ2n) is 7.58. The molecule has 1 aromatic rings. The van der Waals surface area contributed by atoms with Crippen LogP contribution in [0.5, 0.6) is 5.88 Å². The van der Waals surface area contributed by atoms with Crippen LogP contribution in [0, 0.1) is 11.8 Å². The molecule has 1 unspecified atom stereocenters. The van der Waals surface area contributed by atoms with E-state index in [0.717, 1.165) is 12.8 Å². The first-order valence-electron chi connectivity index (χ1n) is 9.17. The molecule has 1 saturated carbocycles. The Morgan fingerprint density at radius 1 is 1.30 bits per heavy atom. The Kier molecular flexibility index (Phi) is 4.49. The Bertz CT molecular complexity index is 761. The number of nitrogens with one attached hydrogen (secondary N) is 1. The molecular weight excluding hydrogens is 358 g/mol. The highest BCUT2D eigenvalue weighted by Crippen LogP contribution is 2.38. The van der Waals surface area contributed by atoms with Gasteiger partial charge in [-0.2, -0.15) is 0 Å². The number of aromatic nitrogens is 1. The Morgan fingerprint density at radius 3 is 2.67 bits per heavy atom. The Labute approximate surface area is 155 Å². The molecule has 27 heavy (non-hydrogen) atoms. The van der Waals surface area contributed by atoms with Gasteiger partial charge >= 0.3 is 0 Å². The summed E-state index contributed by atoms with van der Waals surface area (Å²) in [6, 6.07) is 2.39. The van der Waals surface area contributed by atoms with Crippen molar-refractivity contribution < 1.29 is 23.1 Å². The fraction of sp³-hybridized carbons (Fsp3) is 0.611. The van der Waals surface area contributed by atoms with Gasteiger partial charge in [-0.3, -0.25) is 9.59 Å². The molecule has 2 saturated heterocycles. The molecule has 146 valence electrons. The molecule has 0 aromatic carbocycles. The topological polar surface area (TPSA) is 97.5 Å². The number of carbonyl (C=O) groups is 2. The maximum atomic E-state index is 13.3. The molecule has 3 heterocycles. The van der Waals surface area contributed by atoms with E-state index in [0.29, 0.717) is 31.2 Å². The molecule has 3 fully saturated rings. The van der Waals surface area contributed by atoms with Crippen molar-refractivity contribution >= 4 is 17.4 Å². The summed E-state index contributed by atoms with van der Waals surface area (Å²) in [7, 11) is 0. The fourth-order valence-electron chi connectivity index (χ4n) is 3.56. The summed E-state index contributed by atoms with van der Waals surface area (Å²) in [4.78, 5) is 30.2. The number of ketones is 1. The maximum Gasteiger partial charge on any atom is 0.282 e. The zero-order valence-corrected chi connectivity index (χ0v) is 14.8. The summed E-state index contributed by atoms with van der Waals surface area (Å²) in [6.07, 6.45) is 2.64. The molecule has 0 bridgehead atoms. The van der Waals surface area contributed by atoms with E-state index in [-0.39, 0.29) is 17.4 Å². The Balaban J connectivity index is 1.56. The first-order valence-corrected chi connectivity index (χ1v) is 9.17.